The Kier molecular flexibility index (Phi) is 5.79. The minimum atomic E-state index is -0.373. The maximum atomic E-state index is 13.1. The molecule has 0 bridgehead atoms. The van der Waals surface area contributed by atoms with Crippen molar-refractivity contribution in [2.75, 3.05) is 6.54 Å². The standard InChI is InChI=1S/C26H24N4O2S/c1-17-8-6-11-20(16-17)24-28-25(32-29-24)22-18(2)30(14-13-21-12-7-15-33-21)26(31)27-23(22)19-9-4-3-5-10-19/h3-12,15-16,23H,13-14H2,1-2H3,(H,27,31). The van der Waals surface area contributed by atoms with E-state index >= 15 is 0 Å². The molecule has 1 unspecified atom stereocenters. The van der Waals surface area contributed by atoms with Crippen molar-refractivity contribution in [1.82, 2.24) is 20.4 Å². The predicted molar refractivity (Wildman–Crippen MR) is 130 cm³/mol. The lowest BCUT2D eigenvalue weighted by Gasteiger charge is -2.35. The molecular formula is C26H24N4O2S. The molecule has 0 fully saturated rings. The molecule has 0 saturated carbocycles. The van der Waals surface area contributed by atoms with Gasteiger partial charge in [0.15, 0.2) is 0 Å². The average molecular weight is 457 g/mol. The maximum absolute atomic E-state index is 13.1. The quantitative estimate of drug-likeness (QED) is 0.395. The number of thiophene rings is 1. The summed E-state index contributed by atoms with van der Waals surface area (Å²) in [4.78, 5) is 20.8. The largest absolute Gasteiger partial charge is 0.334 e. The predicted octanol–water partition coefficient (Wildman–Crippen LogP) is 5.85. The number of nitrogens with zero attached hydrogens (tertiary/aromatic N) is 3. The molecular weight excluding hydrogens is 432 g/mol. The van der Waals surface area contributed by atoms with Crippen molar-refractivity contribution >= 4 is 22.9 Å². The van der Waals surface area contributed by atoms with Crippen molar-refractivity contribution in [2.45, 2.75) is 26.3 Å². The molecule has 1 N–H and O–H groups in total. The molecule has 3 heterocycles. The molecule has 4 aromatic rings. The van der Waals surface area contributed by atoms with Crippen LogP contribution in [0.1, 0.15) is 34.9 Å². The summed E-state index contributed by atoms with van der Waals surface area (Å²) in [6.07, 6.45) is 0.782. The van der Waals surface area contributed by atoms with Crippen LogP contribution in [0.4, 0.5) is 4.79 Å². The van der Waals surface area contributed by atoms with Gasteiger partial charge in [-0.25, -0.2) is 4.79 Å². The van der Waals surface area contributed by atoms with Crippen LogP contribution in [0, 0.1) is 6.92 Å². The molecule has 7 heteroatoms. The molecule has 2 aromatic heterocycles. The van der Waals surface area contributed by atoms with Crippen LogP contribution in [0.15, 0.2) is 82.3 Å². The molecule has 0 aliphatic carbocycles. The third-order valence-electron chi connectivity index (χ3n) is 5.82. The summed E-state index contributed by atoms with van der Waals surface area (Å²) in [5.74, 6) is 0.946. The molecule has 2 aromatic carbocycles. The minimum absolute atomic E-state index is 0.125. The molecule has 33 heavy (non-hydrogen) atoms. The number of aryl methyl sites for hydroxylation is 1. The van der Waals surface area contributed by atoms with Gasteiger partial charge in [-0.15, -0.1) is 11.3 Å². The van der Waals surface area contributed by atoms with Gasteiger partial charge >= 0.3 is 6.03 Å². The number of nitrogens with one attached hydrogen (secondary N) is 1. The van der Waals surface area contributed by atoms with E-state index in [1.54, 1.807) is 16.2 Å². The van der Waals surface area contributed by atoms with E-state index in [4.69, 9.17) is 9.51 Å². The highest BCUT2D eigenvalue weighted by molar-refractivity contribution is 7.09. The van der Waals surface area contributed by atoms with E-state index in [1.807, 2.05) is 74.5 Å². The van der Waals surface area contributed by atoms with Crippen molar-refractivity contribution in [3.63, 3.8) is 0 Å². The van der Waals surface area contributed by atoms with Crippen LogP contribution in [-0.2, 0) is 6.42 Å². The summed E-state index contributed by atoms with van der Waals surface area (Å²) in [6, 6.07) is 21.5. The van der Waals surface area contributed by atoms with Crippen LogP contribution in [0.25, 0.3) is 17.0 Å². The Bertz CT molecular complexity index is 1290. The van der Waals surface area contributed by atoms with Crippen LogP contribution in [0.5, 0.6) is 0 Å². The van der Waals surface area contributed by atoms with Gasteiger partial charge in [-0.1, -0.05) is 65.3 Å². The van der Waals surface area contributed by atoms with Gasteiger partial charge in [-0.2, -0.15) is 4.98 Å². The maximum Gasteiger partial charge on any atom is 0.322 e. The highest BCUT2D eigenvalue weighted by Gasteiger charge is 2.35. The second-order valence-corrected chi connectivity index (χ2v) is 9.10. The highest BCUT2D eigenvalue weighted by atomic mass is 32.1. The topological polar surface area (TPSA) is 71.3 Å². The summed E-state index contributed by atoms with van der Waals surface area (Å²) < 4.78 is 5.76. The lowest BCUT2D eigenvalue weighted by atomic mass is 9.94. The molecule has 1 aliphatic heterocycles. The van der Waals surface area contributed by atoms with Gasteiger partial charge in [-0.3, -0.25) is 4.90 Å². The van der Waals surface area contributed by atoms with Gasteiger partial charge in [0.2, 0.25) is 5.82 Å². The lowest BCUT2D eigenvalue weighted by molar-refractivity contribution is 0.205. The second kappa shape index (κ2) is 9.03. The van der Waals surface area contributed by atoms with E-state index in [2.05, 4.69) is 21.9 Å². The summed E-state index contributed by atoms with van der Waals surface area (Å²) in [5.41, 5.74) is 4.63. The SMILES string of the molecule is CC1=C(c2nc(-c3cccc(C)c3)no2)C(c2ccccc2)NC(=O)N1CCc1cccs1. The number of hydrogen-bond donors (Lipinski definition) is 1. The van der Waals surface area contributed by atoms with Gasteiger partial charge in [0, 0.05) is 22.7 Å². The third-order valence-corrected chi connectivity index (χ3v) is 6.76. The van der Waals surface area contributed by atoms with E-state index in [-0.39, 0.29) is 12.1 Å². The van der Waals surface area contributed by atoms with Gasteiger partial charge in [0.1, 0.15) is 0 Å². The molecule has 0 radical (unpaired) electrons. The van der Waals surface area contributed by atoms with Crippen molar-refractivity contribution in [2.24, 2.45) is 0 Å². The summed E-state index contributed by atoms with van der Waals surface area (Å²) in [7, 11) is 0. The van der Waals surface area contributed by atoms with Gasteiger partial charge < -0.3 is 9.84 Å². The monoisotopic (exact) mass is 456 g/mol. The van der Waals surface area contributed by atoms with Crippen LogP contribution in [0.2, 0.25) is 0 Å². The fourth-order valence-corrected chi connectivity index (χ4v) is 4.83. The normalized spacial score (nSPS) is 16.2. The van der Waals surface area contributed by atoms with Gasteiger partial charge in [0.25, 0.3) is 5.89 Å². The first-order valence-electron chi connectivity index (χ1n) is 10.9. The Morgan fingerprint density at radius 3 is 2.67 bits per heavy atom. The molecule has 5 rings (SSSR count). The zero-order chi connectivity index (χ0) is 22.8. The fourth-order valence-electron chi connectivity index (χ4n) is 4.13. The molecule has 2 amide bonds. The number of benzene rings is 2. The van der Waals surface area contributed by atoms with E-state index in [0.717, 1.165) is 34.4 Å². The number of carbonyl (C=O) groups excluding carboxylic acids is 1. The van der Waals surface area contributed by atoms with Gasteiger partial charge in [0.05, 0.1) is 11.6 Å². The number of amides is 2. The number of rotatable bonds is 6. The Morgan fingerprint density at radius 2 is 1.91 bits per heavy atom. The van der Waals surface area contributed by atoms with E-state index in [9.17, 15) is 4.79 Å². The average Bonchev–Trinajstić information content (AvgIpc) is 3.52. The van der Waals surface area contributed by atoms with E-state index in [1.165, 1.54) is 4.88 Å². The molecule has 1 aliphatic rings. The zero-order valence-electron chi connectivity index (χ0n) is 18.5. The Morgan fingerprint density at radius 1 is 1.06 bits per heavy atom. The van der Waals surface area contributed by atoms with Crippen molar-refractivity contribution in [1.29, 1.82) is 0 Å². The van der Waals surface area contributed by atoms with E-state index in [0.29, 0.717) is 18.3 Å². The first-order chi connectivity index (χ1) is 16.1. The fraction of sp³-hybridized carbons (Fsp3) is 0.192. The first kappa shape index (κ1) is 21.2. The molecule has 0 saturated heterocycles. The Balaban J connectivity index is 1.55. The van der Waals surface area contributed by atoms with Crippen LogP contribution in [-0.4, -0.2) is 27.6 Å². The smallest absolute Gasteiger partial charge is 0.322 e. The summed E-state index contributed by atoms with van der Waals surface area (Å²) in [5, 5.41) is 9.45. The molecule has 0 spiro atoms. The number of carbonyl (C=O) groups is 1. The first-order valence-corrected chi connectivity index (χ1v) is 11.8. The van der Waals surface area contributed by atoms with Crippen molar-refractivity contribution in [3.05, 3.63) is 99.7 Å². The van der Waals surface area contributed by atoms with Crippen LogP contribution in [0.3, 0.4) is 0 Å². The minimum Gasteiger partial charge on any atom is -0.334 e. The van der Waals surface area contributed by atoms with E-state index < -0.39 is 0 Å². The number of urea groups is 1. The zero-order valence-corrected chi connectivity index (χ0v) is 19.3. The summed E-state index contributed by atoms with van der Waals surface area (Å²) in [6.45, 7) is 4.56. The number of allylic oxidation sites excluding steroid dienone is 1. The number of hydrogen-bond acceptors (Lipinski definition) is 5. The second-order valence-electron chi connectivity index (χ2n) is 8.07. The van der Waals surface area contributed by atoms with Crippen LogP contribution < -0.4 is 5.32 Å². The lowest BCUT2D eigenvalue weighted by Crippen LogP contribution is -2.46. The molecule has 1 atom stereocenters. The number of aromatic nitrogens is 2. The highest BCUT2D eigenvalue weighted by Crippen LogP contribution is 2.37. The third kappa shape index (κ3) is 4.32. The Labute approximate surface area is 196 Å². The van der Waals surface area contributed by atoms with Crippen molar-refractivity contribution in [3.8, 4) is 11.4 Å². The molecule has 166 valence electrons. The van der Waals surface area contributed by atoms with Crippen molar-refractivity contribution < 1.29 is 9.32 Å². The Hall–Kier alpha value is -3.71. The van der Waals surface area contributed by atoms with Gasteiger partial charge in [-0.05, 0) is 43.3 Å². The van der Waals surface area contributed by atoms with Crippen LogP contribution >= 0.6 is 11.3 Å². The molecule has 6 nitrogen and oxygen atoms in total. The summed E-state index contributed by atoms with van der Waals surface area (Å²) >= 11 is 1.70.